The van der Waals surface area contributed by atoms with Crippen molar-refractivity contribution in [1.29, 1.82) is 0 Å². The Kier molecular flexibility index (Phi) is 3.16. The predicted molar refractivity (Wildman–Crippen MR) is 74.1 cm³/mol. The lowest BCUT2D eigenvalue weighted by Gasteiger charge is -2.16. The second-order valence-electron chi connectivity index (χ2n) is 4.56. The molecule has 100 valence electrons. The van der Waals surface area contributed by atoms with Crippen molar-refractivity contribution in [2.45, 2.75) is 6.04 Å². The first-order valence-corrected chi connectivity index (χ1v) is 6.20. The third-order valence-corrected chi connectivity index (χ3v) is 3.36. The maximum Gasteiger partial charge on any atom is 0.131 e. The van der Waals surface area contributed by atoms with Crippen LogP contribution >= 0.6 is 0 Å². The zero-order valence-corrected chi connectivity index (χ0v) is 10.6. The van der Waals surface area contributed by atoms with E-state index < -0.39 is 17.7 Å². The van der Waals surface area contributed by atoms with Crippen LogP contribution in [0.15, 0.2) is 54.9 Å². The molecule has 2 aromatic carbocycles. The second-order valence-corrected chi connectivity index (χ2v) is 4.56. The lowest BCUT2D eigenvalue weighted by atomic mass is 9.94. The molecule has 3 rings (SSSR count). The Bertz CT molecular complexity index is 746. The zero-order chi connectivity index (χ0) is 14.1. The minimum atomic E-state index is -0.871. The lowest BCUT2D eigenvalue weighted by molar-refractivity contribution is 0.544. The summed E-state index contributed by atoms with van der Waals surface area (Å²) in [4.78, 5) is 4.05. The van der Waals surface area contributed by atoms with Crippen LogP contribution in [0.1, 0.15) is 17.2 Å². The Morgan fingerprint density at radius 1 is 0.950 bits per heavy atom. The standard InChI is InChI=1S/C16H12F2N2/c17-13-5-2-6-14(18)15(13)16(19)11-4-1-3-10-7-8-20-9-12(10)11/h1-9,16H,19H2. The zero-order valence-electron chi connectivity index (χ0n) is 10.6. The van der Waals surface area contributed by atoms with Crippen LogP contribution in [0.3, 0.4) is 0 Å². The van der Waals surface area contributed by atoms with Crippen LogP contribution in [-0.4, -0.2) is 4.98 Å². The molecule has 0 bridgehead atoms. The number of nitrogens with two attached hydrogens (primary N) is 1. The van der Waals surface area contributed by atoms with Crippen LogP contribution in [0.25, 0.3) is 10.8 Å². The number of fused-ring (bicyclic) bond motifs is 1. The van der Waals surface area contributed by atoms with Crippen LogP contribution in [-0.2, 0) is 0 Å². The minimum Gasteiger partial charge on any atom is -0.320 e. The fourth-order valence-electron chi connectivity index (χ4n) is 2.37. The van der Waals surface area contributed by atoms with E-state index in [-0.39, 0.29) is 5.56 Å². The highest BCUT2D eigenvalue weighted by Gasteiger charge is 2.19. The first-order chi connectivity index (χ1) is 9.68. The van der Waals surface area contributed by atoms with Gasteiger partial charge in [-0.05, 0) is 29.1 Å². The van der Waals surface area contributed by atoms with Gasteiger partial charge in [-0.3, -0.25) is 4.98 Å². The normalized spacial score (nSPS) is 12.6. The van der Waals surface area contributed by atoms with Crippen molar-refractivity contribution in [3.63, 3.8) is 0 Å². The molecule has 0 saturated heterocycles. The number of hydrogen-bond donors (Lipinski definition) is 1. The highest BCUT2D eigenvalue weighted by molar-refractivity contribution is 5.85. The molecule has 0 aliphatic heterocycles. The van der Waals surface area contributed by atoms with Crippen molar-refractivity contribution < 1.29 is 8.78 Å². The van der Waals surface area contributed by atoms with E-state index >= 15 is 0 Å². The molecular formula is C16H12F2N2. The molecule has 3 aromatic rings. The number of pyridine rings is 1. The van der Waals surface area contributed by atoms with Crippen LogP contribution in [0.2, 0.25) is 0 Å². The van der Waals surface area contributed by atoms with Gasteiger partial charge >= 0.3 is 0 Å². The Morgan fingerprint density at radius 2 is 1.65 bits per heavy atom. The molecule has 1 atom stereocenters. The van der Waals surface area contributed by atoms with Crippen molar-refractivity contribution in [1.82, 2.24) is 4.98 Å². The van der Waals surface area contributed by atoms with Crippen molar-refractivity contribution in [2.75, 3.05) is 0 Å². The third kappa shape index (κ3) is 2.04. The van der Waals surface area contributed by atoms with Gasteiger partial charge in [0, 0.05) is 23.3 Å². The van der Waals surface area contributed by atoms with Crippen LogP contribution in [0.4, 0.5) is 8.78 Å². The molecule has 1 unspecified atom stereocenters. The molecule has 0 fully saturated rings. The van der Waals surface area contributed by atoms with Gasteiger partial charge in [-0.2, -0.15) is 0 Å². The van der Waals surface area contributed by atoms with Crippen LogP contribution in [0, 0.1) is 11.6 Å². The molecule has 1 aromatic heterocycles. The van der Waals surface area contributed by atoms with E-state index in [1.165, 1.54) is 18.2 Å². The van der Waals surface area contributed by atoms with Gasteiger partial charge in [0.05, 0.1) is 6.04 Å². The number of rotatable bonds is 2. The third-order valence-electron chi connectivity index (χ3n) is 3.36. The first kappa shape index (κ1) is 12.7. The number of benzene rings is 2. The van der Waals surface area contributed by atoms with Gasteiger partial charge in [-0.1, -0.05) is 24.3 Å². The van der Waals surface area contributed by atoms with Crippen molar-refractivity contribution in [3.8, 4) is 0 Å². The fourth-order valence-corrected chi connectivity index (χ4v) is 2.37. The van der Waals surface area contributed by atoms with Gasteiger partial charge in [0.15, 0.2) is 0 Å². The number of nitrogens with zero attached hydrogens (tertiary/aromatic N) is 1. The molecule has 20 heavy (non-hydrogen) atoms. The molecule has 0 aliphatic carbocycles. The number of hydrogen-bond acceptors (Lipinski definition) is 2. The molecule has 0 amide bonds. The van der Waals surface area contributed by atoms with Crippen LogP contribution in [0.5, 0.6) is 0 Å². The summed E-state index contributed by atoms with van der Waals surface area (Å²) in [5.41, 5.74) is 6.61. The SMILES string of the molecule is NC(c1c(F)cccc1F)c1cccc2ccncc12. The molecular weight excluding hydrogens is 258 g/mol. The quantitative estimate of drug-likeness (QED) is 0.773. The summed E-state index contributed by atoms with van der Waals surface area (Å²) < 4.78 is 27.7. The van der Waals surface area contributed by atoms with E-state index in [0.717, 1.165) is 10.8 Å². The van der Waals surface area contributed by atoms with Crippen LogP contribution < -0.4 is 5.73 Å². The predicted octanol–water partition coefficient (Wildman–Crippen LogP) is 3.56. The van der Waals surface area contributed by atoms with E-state index in [9.17, 15) is 8.78 Å². The van der Waals surface area contributed by atoms with Gasteiger partial charge in [-0.25, -0.2) is 8.78 Å². The second kappa shape index (κ2) is 4.98. The summed E-state index contributed by atoms with van der Waals surface area (Å²) in [7, 11) is 0. The summed E-state index contributed by atoms with van der Waals surface area (Å²) in [6, 6.07) is 10.2. The maximum atomic E-state index is 13.9. The Hall–Kier alpha value is -2.33. The van der Waals surface area contributed by atoms with Gasteiger partial charge in [-0.15, -0.1) is 0 Å². The summed E-state index contributed by atoms with van der Waals surface area (Å²) >= 11 is 0. The van der Waals surface area contributed by atoms with Gasteiger partial charge in [0.1, 0.15) is 11.6 Å². The highest BCUT2D eigenvalue weighted by atomic mass is 19.1. The molecule has 0 aliphatic rings. The Morgan fingerprint density at radius 3 is 2.40 bits per heavy atom. The van der Waals surface area contributed by atoms with Crippen molar-refractivity contribution in [3.05, 3.63) is 77.6 Å². The number of aromatic nitrogens is 1. The summed E-state index contributed by atoms with van der Waals surface area (Å²) in [5.74, 6) is -1.28. The average molecular weight is 270 g/mol. The van der Waals surface area contributed by atoms with Gasteiger partial charge in [0.25, 0.3) is 0 Å². The van der Waals surface area contributed by atoms with Crippen molar-refractivity contribution >= 4 is 10.8 Å². The molecule has 0 spiro atoms. The molecule has 1 heterocycles. The summed E-state index contributed by atoms with van der Waals surface area (Å²) in [6.45, 7) is 0. The largest absolute Gasteiger partial charge is 0.320 e. The highest BCUT2D eigenvalue weighted by Crippen LogP contribution is 2.29. The minimum absolute atomic E-state index is 0.121. The smallest absolute Gasteiger partial charge is 0.131 e. The molecule has 0 saturated carbocycles. The molecule has 2 nitrogen and oxygen atoms in total. The molecule has 4 heteroatoms. The Labute approximate surface area is 114 Å². The molecule has 0 radical (unpaired) electrons. The van der Waals surface area contributed by atoms with E-state index in [1.807, 2.05) is 18.2 Å². The first-order valence-electron chi connectivity index (χ1n) is 6.20. The average Bonchev–Trinajstić information content (AvgIpc) is 2.46. The lowest BCUT2D eigenvalue weighted by Crippen LogP contribution is -2.16. The maximum absolute atomic E-state index is 13.9. The van der Waals surface area contributed by atoms with E-state index in [2.05, 4.69) is 4.98 Å². The van der Waals surface area contributed by atoms with E-state index in [4.69, 9.17) is 5.73 Å². The number of halogens is 2. The monoisotopic (exact) mass is 270 g/mol. The van der Waals surface area contributed by atoms with Gasteiger partial charge in [0.2, 0.25) is 0 Å². The summed E-state index contributed by atoms with van der Waals surface area (Å²) in [5, 5.41) is 1.73. The topological polar surface area (TPSA) is 38.9 Å². The van der Waals surface area contributed by atoms with E-state index in [0.29, 0.717) is 5.56 Å². The summed E-state index contributed by atoms with van der Waals surface area (Å²) in [6.07, 6.45) is 3.32. The van der Waals surface area contributed by atoms with Gasteiger partial charge < -0.3 is 5.73 Å². The Balaban J connectivity index is 2.21. The van der Waals surface area contributed by atoms with E-state index in [1.54, 1.807) is 18.5 Å². The van der Waals surface area contributed by atoms with Crippen molar-refractivity contribution in [2.24, 2.45) is 5.73 Å². The fraction of sp³-hybridized carbons (Fsp3) is 0.0625. The molecule has 2 N–H and O–H groups in total.